The summed E-state index contributed by atoms with van der Waals surface area (Å²) in [4.78, 5) is 25.3. The number of carbonyl (C=O) groups excluding carboxylic acids is 2. The van der Waals surface area contributed by atoms with Crippen LogP contribution in [0.1, 0.15) is 34.3 Å². The van der Waals surface area contributed by atoms with E-state index in [-0.39, 0.29) is 11.8 Å². The van der Waals surface area contributed by atoms with Gasteiger partial charge in [-0.15, -0.1) is 0 Å². The molecule has 0 aliphatic heterocycles. The lowest BCUT2D eigenvalue weighted by molar-refractivity contribution is -0.121. The molecule has 1 N–H and O–H groups in total. The molecular weight excluding hydrogens is 312 g/mol. The Morgan fingerprint density at radius 3 is 2.16 bits per heavy atom. The smallest absolute Gasteiger partial charge is 0.253 e. The zero-order valence-corrected chi connectivity index (χ0v) is 15.0. The monoisotopic (exact) mass is 338 g/mol. The number of benzene rings is 2. The Balaban J connectivity index is 1.67. The fraction of sp³-hybridized carbons (Fsp3) is 0.333. The highest BCUT2D eigenvalue weighted by Gasteiger charge is 2.08. The standard InChI is InChI=1S/C21H26N2O2/c1-23(2)21(25)19-13-10-18(11-14-19)12-15-20(24)22-16-6-9-17-7-4-3-5-8-17/h3-5,7-8,10-11,13-14H,6,9,12,15-16H2,1-2H3,(H,22,24). The highest BCUT2D eigenvalue weighted by Crippen LogP contribution is 2.08. The first kappa shape index (κ1) is 18.7. The van der Waals surface area contributed by atoms with E-state index in [2.05, 4.69) is 17.4 Å². The van der Waals surface area contributed by atoms with Crippen molar-refractivity contribution >= 4 is 11.8 Å². The molecule has 0 fully saturated rings. The Bertz CT molecular complexity index is 679. The number of nitrogens with one attached hydrogen (secondary N) is 1. The van der Waals surface area contributed by atoms with E-state index in [1.54, 1.807) is 19.0 Å². The largest absolute Gasteiger partial charge is 0.356 e. The van der Waals surface area contributed by atoms with E-state index in [4.69, 9.17) is 0 Å². The van der Waals surface area contributed by atoms with Gasteiger partial charge in [-0.1, -0.05) is 42.5 Å². The highest BCUT2D eigenvalue weighted by atomic mass is 16.2. The van der Waals surface area contributed by atoms with Crippen molar-refractivity contribution in [2.45, 2.75) is 25.7 Å². The molecule has 4 heteroatoms. The van der Waals surface area contributed by atoms with Gasteiger partial charge >= 0.3 is 0 Å². The maximum absolute atomic E-state index is 11.9. The molecule has 0 aliphatic carbocycles. The number of carbonyl (C=O) groups is 2. The van der Waals surface area contributed by atoms with Gasteiger partial charge in [0.15, 0.2) is 0 Å². The summed E-state index contributed by atoms with van der Waals surface area (Å²) in [6.07, 6.45) is 3.06. The minimum absolute atomic E-state index is 0.0114. The van der Waals surface area contributed by atoms with Gasteiger partial charge in [-0.05, 0) is 42.5 Å². The number of hydrogen-bond donors (Lipinski definition) is 1. The number of hydrogen-bond acceptors (Lipinski definition) is 2. The first-order valence-electron chi connectivity index (χ1n) is 8.67. The predicted octanol–water partition coefficient (Wildman–Crippen LogP) is 3.07. The van der Waals surface area contributed by atoms with Crippen LogP contribution in [0, 0.1) is 0 Å². The van der Waals surface area contributed by atoms with Crippen molar-refractivity contribution in [1.29, 1.82) is 0 Å². The van der Waals surface area contributed by atoms with Crippen LogP contribution >= 0.6 is 0 Å². The van der Waals surface area contributed by atoms with Gasteiger partial charge in [0.05, 0.1) is 0 Å². The van der Waals surface area contributed by atoms with E-state index >= 15 is 0 Å². The lowest BCUT2D eigenvalue weighted by atomic mass is 10.1. The molecule has 2 amide bonds. The normalized spacial score (nSPS) is 10.3. The molecule has 0 aliphatic rings. The summed E-state index contributed by atoms with van der Waals surface area (Å²) in [6, 6.07) is 17.7. The van der Waals surface area contributed by atoms with Crippen LogP contribution in [-0.2, 0) is 17.6 Å². The van der Waals surface area contributed by atoms with Crippen molar-refractivity contribution in [3.8, 4) is 0 Å². The van der Waals surface area contributed by atoms with Crippen LogP contribution < -0.4 is 5.32 Å². The van der Waals surface area contributed by atoms with Gasteiger partial charge < -0.3 is 10.2 Å². The van der Waals surface area contributed by atoms with Crippen molar-refractivity contribution < 1.29 is 9.59 Å². The number of rotatable bonds is 8. The fourth-order valence-corrected chi connectivity index (χ4v) is 2.58. The second kappa shape index (κ2) is 9.62. The molecule has 4 nitrogen and oxygen atoms in total. The molecule has 0 heterocycles. The van der Waals surface area contributed by atoms with Crippen molar-refractivity contribution in [2.24, 2.45) is 0 Å². The van der Waals surface area contributed by atoms with Crippen LogP contribution in [0.5, 0.6) is 0 Å². The van der Waals surface area contributed by atoms with E-state index in [0.29, 0.717) is 24.9 Å². The Hall–Kier alpha value is -2.62. The molecule has 0 atom stereocenters. The minimum atomic E-state index is -0.0114. The molecule has 0 spiro atoms. The Morgan fingerprint density at radius 2 is 1.52 bits per heavy atom. The molecule has 2 rings (SSSR count). The molecule has 0 saturated heterocycles. The number of nitrogens with zero attached hydrogens (tertiary/aromatic N) is 1. The molecule has 25 heavy (non-hydrogen) atoms. The Labute approximate surface area is 149 Å². The molecule has 0 unspecified atom stereocenters. The van der Waals surface area contributed by atoms with Gasteiger partial charge in [-0.3, -0.25) is 9.59 Å². The minimum Gasteiger partial charge on any atom is -0.356 e. The summed E-state index contributed by atoms with van der Waals surface area (Å²) in [6.45, 7) is 0.698. The SMILES string of the molecule is CN(C)C(=O)c1ccc(CCC(=O)NCCCc2ccccc2)cc1. The maximum Gasteiger partial charge on any atom is 0.253 e. The summed E-state index contributed by atoms with van der Waals surface area (Å²) >= 11 is 0. The van der Waals surface area contributed by atoms with Crippen LogP contribution in [0.4, 0.5) is 0 Å². The van der Waals surface area contributed by atoms with Gasteiger partial charge in [-0.25, -0.2) is 0 Å². The van der Waals surface area contributed by atoms with Crippen molar-refractivity contribution in [3.05, 3.63) is 71.3 Å². The zero-order chi connectivity index (χ0) is 18.1. The Morgan fingerprint density at radius 1 is 0.880 bits per heavy atom. The summed E-state index contributed by atoms with van der Waals surface area (Å²) in [5.74, 6) is 0.0595. The topological polar surface area (TPSA) is 49.4 Å². The lowest BCUT2D eigenvalue weighted by Crippen LogP contribution is -2.25. The average molecular weight is 338 g/mol. The first-order chi connectivity index (χ1) is 12.1. The zero-order valence-electron chi connectivity index (χ0n) is 15.0. The van der Waals surface area contributed by atoms with Gasteiger partial charge in [-0.2, -0.15) is 0 Å². The Kier molecular flexibility index (Phi) is 7.20. The molecule has 2 aromatic carbocycles. The molecule has 0 saturated carbocycles. The van der Waals surface area contributed by atoms with Crippen molar-refractivity contribution in [1.82, 2.24) is 10.2 Å². The average Bonchev–Trinajstić information content (AvgIpc) is 2.64. The third-order valence-electron chi connectivity index (χ3n) is 4.06. The van der Waals surface area contributed by atoms with Gasteiger partial charge in [0.25, 0.3) is 5.91 Å². The van der Waals surface area contributed by atoms with Crippen LogP contribution in [0.25, 0.3) is 0 Å². The fourth-order valence-electron chi connectivity index (χ4n) is 2.58. The van der Waals surface area contributed by atoms with Crippen molar-refractivity contribution in [3.63, 3.8) is 0 Å². The third kappa shape index (κ3) is 6.42. The quantitative estimate of drug-likeness (QED) is 0.752. The van der Waals surface area contributed by atoms with E-state index in [0.717, 1.165) is 18.4 Å². The second-order valence-corrected chi connectivity index (χ2v) is 6.34. The van der Waals surface area contributed by atoms with Gasteiger partial charge in [0.2, 0.25) is 5.91 Å². The van der Waals surface area contributed by atoms with Gasteiger partial charge in [0.1, 0.15) is 0 Å². The van der Waals surface area contributed by atoms with Crippen molar-refractivity contribution in [2.75, 3.05) is 20.6 Å². The molecule has 0 radical (unpaired) electrons. The van der Waals surface area contributed by atoms with Crippen LogP contribution in [0.3, 0.4) is 0 Å². The number of aryl methyl sites for hydroxylation is 2. The summed E-state index contributed by atoms with van der Waals surface area (Å²) in [5, 5.41) is 2.97. The molecule has 132 valence electrons. The second-order valence-electron chi connectivity index (χ2n) is 6.34. The predicted molar refractivity (Wildman–Crippen MR) is 101 cm³/mol. The summed E-state index contributed by atoms with van der Waals surface area (Å²) in [5.41, 5.74) is 3.03. The maximum atomic E-state index is 11.9. The lowest BCUT2D eigenvalue weighted by Gasteiger charge is -2.10. The van der Waals surface area contributed by atoms with Crippen LogP contribution in [0.2, 0.25) is 0 Å². The molecular formula is C21H26N2O2. The van der Waals surface area contributed by atoms with E-state index < -0.39 is 0 Å². The van der Waals surface area contributed by atoms with Crippen LogP contribution in [0.15, 0.2) is 54.6 Å². The summed E-state index contributed by atoms with van der Waals surface area (Å²) < 4.78 is 0. The summed E-state index contributed by atoms with van der Waals surface area (Å²) in [7, 11) is 3.47. The van der Waals surface area contributed by atoms with E-state index in [9.17, 15) is 9.59 Å². The van der Waals surface area contributed by atoms with E-state index in [1.165, 1.54) is 5.56 Å². The molecule has 2 aromatic rings. The first-order valence-corrected chi connectivity index (χ1v) is 8.67. The highest BCUT2D eigenvalue weighted by molar-refractivity contribution is 5.93. The molecule has 0 bridgehead atoms. The van der Waals surface area contributed by atoms with Crippen LogP contribution in [-0.4, -0.2) is 37.4 Å². The van der Waals surface area contributed by atoms with Gasteiger partial charge in [0, 0.05) is 32.6 Å². The third-order valence-corrected chi connectivity index (χ3v) is 4.06. The molecule has 0 aromatic heterocycles. The number of amides is 2. The van der Waals surface area contributed by atoms with E-state index in [1.807, 2.05) is 42.5 Å².